The fourth-order valence-corrected chi connectivity index (χ4v) is 9.53. The van der Waals surface area contributed by atoms with E-state index >= 15 is 0 Å². The van der Waals surface area contributed by atoms with E-state index < -0.39 is 0 Å². The number of aromatic nitrogens is 4. The number of thiophene rings is 1. The summed E-state index contributed by atoms with van der Waals surface area (Å²) < 4.78 is 9.30. The fourth-order valence-electron chi connectivity index (χ4n) is 8.39. The van der Waals surface area contributed by atoms with Gasteiger partial charge in [0, 0.05) is 69.4 Å². The molecule has 0 bridgehead atoms. The highest BCUT2D eigenvalue weighted by molar-refractivity contribution is 7.25. The first-order chi connectivity index (χ1) is 28.7. The highest BCUT2D eigenvalue weighted by Crippen LogP contribution is 2.44. The van der Waals surface area contributed by atoms with Crippen LogP contribution in [0.4, 0.5) is 0 Å². The van der Waals surface area contributed by atoms with Gasteiger partial charge in [0.25, 0.3) is 0 Å². The van der Waals surface area contributed by atoms with Gasteiger partial charge in [-0.15, -0.1) is 11.3 Å². The molecule has 5 nitrogen and oxygen atoms in total. The highest BCUT2D eigenvalue weighted by Gasteiger charge is 2.20. The molecule has 4 heterocycles. The number of hydrogen-bond acceptors (Lipinski definition) is 6. The van der Waals surface area contributed by atoms with Crippen molar-refractivity contribution >= 4 is 75.1 Å². The van der Waals surface area contributed by atoms with Crippen molar-refractivity contribution in [3.05, 3.63) is 182 Å². The van der Waals surface area contributed by atoms with Crippen LogP contribution in [0.15, 0.2) is 186 Å². The molecule has 0 N–H and O–H groups in total. The first-order valence-electron chi connectivity index (χ1n) is 19.3. The lowest BCUT2D eigenvalue weighted by molar-refractivity contribution is 0.673. The minimum absolute atomic E-state index is 0.625. The maximum Gasteiger partial charge on any atom is 0.164 e. The molecular formula is C52H30N4OS. The summed E-state index contributed by atoms with van der Waals surface area (Å²) in [7, 11) is 0. The summed E-state index contributed by atoms with van der Waals surface area (Å²) in [6, 6.07) is 63.2. The largest absolute Gasteiger partial charge is 0.455 e. The predicted molar refractivity (Wildman–Crippen MR) is 240 cm³/mol. The number of fused-ring (bicyclic) bond motifs is 10. The van der Waals surface area contributed by atoms with Crippen LogP contribution >= 0.6 is 11.3 Å². The topological polar surface area (TPSA) is 64.7 Å². The van der Waals surface area contributed by atoms with E-state index in [-0.39, 0.29) is 0 Å². The van der Waals surface area contributed by atoms with Crippen LogP contribution in [0.3, 0.4) is 0 Å². The average Bonchev–Trinajstić information content (AvgIpc) is 3.87. The predicted octanol–water partition coefficient (Wildman–Crippen LogP) is 14.2. The van der Waals surface area contributed by atoms with Crippen LogP contribution in [0, 0.1) is 0 Å². The van der Waals surface area contributed by atoms with Gasteiger partial charge >= 0.3 is 0 Å². The maximum atomic E-state index is 6.82. The summed E-state index contributed by atoms with van der Waals surface area (Å²) in [4.78, 5) is 20.3. The quantitative estimate of drug-likeness (QED) is 0.164. The molecule has 270 valence electrons. The normalized spacial score (nSPS) is 11.8. The van der Waals surface area contributed by atoms with Gasteiger partial charge in [0.15, 0.2) is 17.5 Å². The van der Waals surface area contributed by atoms with E-state index in [0.29, 0.717) is 17.5 Å². The molecule has 0 unspecified atom stereocenters. The number of para-hydroxylation sites is 1. The SMILES string of the molecule is c1ccc(-c2nc(-c3ccc(-c4cccc5oc6c(ccc7c(-c8ccccc8)nc8ccccc8c76)c45)cc3)nc(-c3ccc4c(c3)sc3ccccc34)n2)cc1. The van der Waals surface area contributed by atoms with E-state index in [1.807, 2.05) is 42.5 Å². The van der Waals surface area contributed by atoms with Crippen molar-refractivity contribution in [1.29, 1.82) is 0 Å². The van der Waals surface area contributed by atoms with Gasteiger partial charge in [-0.3, -0.25) is 0 Å². The van der Waals surface area contributed by atoms with Crippen LogP contribution in [0.2, 0.25) is 0 Å². The van der Waals surface area contributed by atoms with Crippen LogP contribution in [0.5, 0.6) is 0 Å². The first-order valence-corrected chi connectivity index (χ1v) is 20.1. The third-order valence-electron chi connectivity index (χ3n) is 11.1. The Labute approximate surface area is 336 Å². The molecule has 0 amide bonds. The van der Waals surface area contributed by atoms with Crippen molar-refractivity contribution in [3.8, 4) is 56.5 Å². The summed E-state index contributed by atoms with van der Waals surface area (Å²) in [5.41, 5.74) is 9.67. The molecule has 0 saturated carbocycles. The van der Waals surface area contributed by atoms with Gasteiger partial charge in [-0.1, -0.05) is 152 Å². The molecule has 0 spiro atoms. The minimum atomic E-state index is 0.625. The molecule has 0 radical (unpaired) electrons. The Morgan fingerprint density at radius 1 is 0.362 bits per heavy atom. The molecule has 8 aromatic carbocycles. The third-order valence-corrected chi connectivity index (χ3v) is 12.3. The number of nitrogens with zero attached hydrogens (tertiary/aromatic N) is 4. The molecule has 0 aliphatic heterocycles. The van der Waals surface area contributed by atoms with Gasteiger partial charge in [0.05, 0.1) is 11.2 Å². The number of benzene rings is 8. The Hall–Kier alpha value is -7.54. The van der Waals surface area contributed by atoms with Crippen LogP contribution in [0.25, 0.3) is 120 Å². The number of hydrogen-bond donors (Lipinski definition) is 0. The van der Waals surface area contributed by atoms with Crippen molar-refractivity contribution in [1.82, 2.24) is 19.9 Å². The maximum absolute atomic E-state index is 6.82. The van der Waals surface area contributed by atoms with E-state index in [1.165, 1.54) is 20.2 Å². The fraction of sp³-hybridized carbons (Fsp3) is 0. The van der Waals surface area contributed by atoms with E-state index in [2.05, 4.69) is 140 Å². The Balaban J connectivity index is 0.991. The molecule has 0 aliphatic rings. The van der Waals surface area contributed by atoms with Crippen LogP contribution in [-0.4, -0.2) is 19.9 Å². The van der Waals surface area contributed by atoms with Crippen molar-refractivity contribution in [2.75, 3.05) is 0 Å². The second-order valence-corrected chi connectivity index (χ2v) is 15.6. The number of furan rings is 1. The van der Waals surface area contributed by atoms with Crippen LogP contribution < -0.4 is 0 Å². The lowest BCUT2D eigenvalue weighted by Gasteiger charge is -2.11. The second kappa shape index (κ2) is 13.0. The lowest BCUT2D eigenvalue weighted by Crippen LogP contribution is -2.00. The summed E-state index contributed by atoms with van der Waals surface area (Å²) in [6.45, 7) is 0. The number of pyridine rings is 1. The molecule has 0 fully saturated rings. The minimum Gasteiger partial charge on any atom is -0.455 e. The van der Waals surface area contributed by atoms with Crippen molar-refractivity contribution in [3.63, 3.8) is 0 Å². The first kappa shape index (κ1) is 32.7. The van der Waals surface area contributed by atoms with E-state index in [1.54, 1.807) is 11.3 Å². The number of rotatable bonds is 5. The van der Waals surface area contributed by atoms with Crippen molar-refractivity contribution in [2.45, 2.75) is 0 Å². The Bertz CT molecular complexity index is 3560. The third kappa shape index (κ3) is 5.23. The summed E-state index contributed by atoms with van der Waals surface area (Å²) in [5, 5.41) is 7.88. The molecule has 58 heavy (non-hydrogen) atoms. The highest BCUT2D eigenvalue weighted by atomic mass is 32.1. The molecule has 6 heteroatoms. The van der Waals surface area contributed by atoms with Gasteiger partial charge < -0.3 is 4.42 Å². The summed E-state index contributed by atoms with van der Waals surface area (Å²) in [6.07, 6.45) is 0. The zero-order valence-corrected chi connectivity index (χ0v) is 31.7. The smallest absolute Gasteiger partial charge is 0.164 e. The monoisotopic (exact) mass is 758 g/mol. The van der Waals surface area contributed by atoms with Crippen LogP contribution in [-0.2, 0) is 0 Å². The van der Waals surface area contributed by atoms with Gasteiger partial charge in [-0.05, 0) is 41.5 Å². The van der Waals surface area contributed by atoms with Gasteiger partial charge in [0.1, 0.15) is 11.2 Å². The molecule has 0 atom stereocenters. The van der Waals surface area contributed by atoms with E-state index in [0.717, 1.165) is 82.7 Å². The molecule has 0 saturated heterocycles. The Kier molecular flexibility index (Phi) is 7.33. The van der Waals surface area contributed by atoms with Gasteiger partial charge in [0.2, 0.25) is 0 Å². The lowest BCUT2D eigenvalue weighted by atomic mass is 9.95. The average molecular weight is 759 g/mol. The molecule has 12 aromatic rings. The Morgan fingerprint density at radius 2 is 0.948 bits per heavy atom. The van der Waals surface area contributed by atoms with E-state index in [9.17, 15) is 0 Å². The molecule has 4 aromatic heterocycles. The summed E-state index contributed by atoms with van der Waals surface area (Å²) >= 11 is 1.79. The standard InChI is InChI=1S/C52H30N4OS/c1-3-12-32(13-4-1)48-40-28-29-41-46-36(18-11-20-43(46)57-49(41)47(40)39-17-7-9-19-42(39)53-48)31-22-24-34(25-23-31)51-54-50(33-14-5-2-6-15-33)55-52(56-51)35-26-27-38-37-16-8-10-21-44(37)58-45(38)30-35/h1-30H. The Morgan fingerprint density at radius 3 is 1.74 bits per heavy atom. The van der Waals surface area contributed by atoms with Crippen LogP contribution in [0.1, 0.15) is 0 Å². The van der Waals surface area contributed by atoms with Gasteiger partial charge in [-0.2, -0.15) is 0 Å². The second-order valence-electron chi connectivity index (χ2n) is 14.5. The molecule has 12 rings (SSSR count). The molecular weight excluding hydrogens is 729 g/mol. The zero-order chi connectivity index (χ0) is 38.2. The molecule has 0 aliphatic carbocycles. The zero-order valence-electron chi connectivity index (χ0n) is 30.9. The van der Waals surface area contributed by atoms with E-state index in [4.69, 9.17) is 24.4 Å². The summed E-state index contributed by atoms with van der Waals surface area (Å²) in [5.74, 6) is 1.91. The van der Waals surface area contributed by atoms with Gasteiger partial charge in [-0.25, -0.2) is 19.9 Å². The van der Waals surface area contributed by atoms with Crippen molar-refractivity contribution in [2.24, 2.45) is 0 Å². The van der Waals surface area contributed by atoms with Crippen molar-refractivity contribution < 1.29 is 4.42 Å².